The quantitative estimate of drug-likeness (QED) is 0.920. The first-order valence-electron chi connectivity index (χ1n) is 6.89. The Morgan fingerprint density at radius 2 is 2.00 bits per heavy atom. The minimum absolute atomic E-state index is 0.594. The van der Waals surface area contributed by atoms with Crippen molar-refractivity contribution in [2.24, 2.45) is 5.73 Å². The van der Waals surface area contributed by atoms with E-state index in [0.29, 0.717) is 19.8 Å². The molecule has 1 aromatic carbocycles. The SMILES string of the molecule is CN(CCCN)c1nccc2cc3c(cc12)OCCO3. The van der Waals surface area contributed by atoms with Crippen molar-refractivity contribution in [2.75, 3.05) is 38.3 Å². The van der Waals surface area contributed by atoms with Crippen LogP contribution in [0.2, 0.25) is 0 Å². The molecule has 0 saturated heterocycles. The summed E-state index contributed by atoms with van der Waals surface area (Å²) >= 11 is 0. The monoisotopic (exact) mass is 273 g/mol. The van der Waals surface area contributed by atoms with Crippen LogP contribution >= 0.6 is 0 Å². The van der Waals surface area contributed by atoms with Gasteiger partial charge in [0.05, 0.1) is 0 Å². The third kappa shape index (κ3) is 2.36. The maximum atomic E-state index is 5.66. The van der Waals surface area contributed by atoms with Gasteiger partial charge in [0.1, 0.15) is 19.0 Å². The number of hydrogen-bond donors (Lipinski definition) is 1. The number of aromatic nitrogens is 1. The Morgan fingerprint density at radius 1 is 1.25 bits per heavy atom. The molecule has 0 bridgehead atoms. The van der Waals surface area contributed by atoms with Crippen molar-refractivity contribution >= 4 is 16.6 Å². The fourth-order valence-corrected chi connectivity index (χ4v) is 2.43. The highest BCUT2D eigenvalue weighted by Gasteiger charge is 2.15. The number of rotatable bonds is 4. The maximum absolute atomic E-state index is 5.66. The van der Waals surface area contributed by atoms with E-state index < -0.39 is 0 Å². The van der Waals surface area contributed by atoms with Crippen LogP contribution in [0.5, 0.6) is 11.5 Å². The van der Waals surface area contributed by atoms with Crippen LogP contribution < -0.4 is 20.1 Å². The van der Waals surface area contributed by atoms with E-state index in [1.807, 2.05) is 31.4 Å². The zero-order valence-electron chi connectivity index (χ0n) is 11.6. The average Bonchev–Trinajstić information content (AvgIpc) is 2.50. The van der Waals surface area contributed by atoms with Gasteiger partial charge in [0.2, 0.25) is 0 Å². The smallest absolute Gasteiger partial charge is 0.162 e. The van der Waals surface area contributed by atoms with Gasteiger partial charge in [-0.3, -0.25) is 0 Å². The Kier molecular flexibility index (Phi) is 3.60. The zero-order valence-corrected chi connectivity index (χ0v) is 11.6. The Balaban J connectivity index is 2.04. The van der Waals surface area contributed by atoms with Gasteiger partial charge in [0.15, 0.2) is 11.5 Å². The standard InChI is InChI=1S/C15H19N3O2/c1-18(6-2-4-16)15-12-10-14-13(19-7-8-20-14)9-11(12)3-5-17-15/h3,5,9-10H,2,4,6-8,16H2,1H3. The van der Waals surface area contributed by atoms with Gasteiger partial charge in [0, 0.05) is 25.2 Å². The summed E-state index contributed by atoms with van der Waals surface area (Å²) in [6, 6.07) is 6.03. The first kappa shape index (κ1) is 13.0. The highest BCUT2D eigenvalue weighted by molar-refractivity contribution is 5.94. The molecule has 2 aromatic rings. The van der Waals surface area contributed by atoms with Gasteiger partial charge in [-0.2, -0.15) is 0 Å². The van der Waals surface area contributed by atoms with Gasteiger partial charge in [-0.25, -0.2) is 4.98 Å². The fraction of sp³-hybridized carbons (Fsp3) is 0.400. The second-order valence-corrected chi connectivity index (χ2v) is 4.92. The molecule has 106 valence electrons. The minimum atomic E-state index is 0.594. The van der Waals surface area contributed by atoms with Crippen LogP contribution in [0.15, 0.2) is 24.4 Å². The highest BCUT2D eigenvalue weighted by Crippen LogP contribution is 2.37. The number of benzene rings is 1. The molecule has 0 aliphatic carbocycles. The van der Waals surface area contributed by atoms with Crippen LogP contribution in [0, 0.1) is 0 Å². The lowest BCUT2D eigenvalue weighted by Crippen LogP contribution is -2.22. The molecular formula is C15H19N3O2. The Morgan fingerprint density at radius 3 is 2.75 bits per heavy atom. The predicted octanol–water partition coefficient (Wildman–Crippen LogP) is 1.79. The van der Waals surface area contributed by atoms with Crippen molar-refractivity contribution in [2.45, 2.75) is 6.42 Å². The maximum Gasteiger partial charge on any atom is 0.162 e. The van der Waals surface area contributed by atoms with Crippen molar-refractivity contribution in [1.29, 1.82) is 0 Å². The number of pyridine rings is 1. The van der Waals surface area contributed by atoms with E-state index in [1.54, 1.807) is 0 Å². The normalized spacial score (nSPS) is 13.5. The third-order valence-corrected chi connectivity index (χ3v) is 3.47. The van der Waals surface area contributed by atoms with E-state index >= 15 is 0 Å². The van der Waals surface area contributed by atoms with Crippen LogP contribution in [0.3, 0.4) is 0 Å². The molecule has 2 heterocycles. The number of fused-ring (bicyclic) bond motifs is 2. The Hall–Kier alpha value is -2.01. The van der Waals surface area contributed by atoms with Crippen LogP contribution in [-0.4, -0.2) is 38.3 Å². The van der Waals surface area contributed by atoms with Gasteiger partial charge in [0.25, 0.3) is 0 Å². The zero-order chi connectivity index (χ0) is 13.9. The molecule has 0 spiro atoms. The number of hydrogen-bond acceptors (Lipinski definition) is 5. The summed E-state index contributed by atoms with van der Waals surface area (Å²) in [5.41, 5.74) is 5.58. The second kappa shape index (κ2) is 5.54. The van der Waals surface area contributed by atoms with E-state index in [0.717, 1.165) is 41.1 Å². The van der Waals surface area contributed by atoms with E-state index in [1.165, 1.54) is 0 Å². The summed E-state index contributed by atoms with van der Waals surface area (Å²) in [5.74, 6) is 2.56. The lowest BCUT2D eigenvalue weighted by atomic mass is 10.1. The number of anilines is 1. The van der Waals surface area contributed by atoms with Crippen molar-refractivity contribution in [3.05, 3.63) is 24.4 Å². The third-order valence-electron chi connectivity index (χ3n) is 3.47. The Labute approximate surface area is 118 Å². The van der Waals surface area contributed by atoms with Gasteiger partial charge < -0.3 is 20.1 Å². The van der Waals surface area contributed by atoms with Gasteiger partial charge in [-0.05, 0) is 36.6 Å². The molecular weight excluding hydrogens is 254 g/mol. The predicted molar refractivity (Wildman–Crippen MR) is 79.7 cm³/mol. The second-order valence-electron chi connectivity index (χ2n) is 4.92. The molecule has 0 radical (unpaired) electrons. The molecule has 5 heteroatoms. The lowest BCUT2D eigenvalue weighted by molar-refractivity contribution is 0.172. The van der Waals surface area contributed by atoms with Crippen molar-refractivity contribution < 1.29 is 9.47 Å². The molecule has 0 unspecified atom stereocenters. The van der Waals surface area contributed by atoms with E-state index in [2.05, 4.69) is 9.88 Å². The largest absolute Gasteiger partial charge is 0.486 e. The van der Waals surface area contributed by atoms with E-state index in [4.69, 9.17) is 15.2 Å². The van der Waals surface area contributed by atoms with Crippen LogP contribution in [-0.2, 0) is 0 Å². The number of ether oxygens (including phenoxy) is 2. The molecule has 1 aromatic heterocycles. The van der Waals surface area contributed by atoms with E-state index in [-0.39, 0.29) is 0 Å². The molecule has 0 amide bonds. The van der Waals surface area contributed by atoms with Crippen LogP contribution in [0.4, 0.5) is 5.82 Å². The van der Waals surface area contributed by atoms with Gasteiger partial charge in [-0.1, -0.05) is 0 Å². The summed E-state index contributed by atoms with van der Waals surface area (Å²) in [4.78, 5) is 6.63. The molecule has 20 heavy (non-hydrogen) atoms. The molecule has 5 nitrogen and oxygen atoms in total. The molecule has 0 fully saturated rings. The Bertz CT molecular complexity index is 615. The number of nitrogens with two attached hydrogens (primary N) is 1. The molecule has 1 aliphatic rings. The fourth-order valence-electron chi connectivity index (χ4n) is 2.43. The average molecular weight is 273 g/mol. The minimum Gasteiger partial charge on any atom is -0.486 e. The summed E-state index contributed by atoms with van der Waals surface area (Å²) in [6.45, 7) is 2.77. The lowest BCUT2D eigenvalue weighted by Gasteiger charge is -2.22. The highest BCUT2D eigenvalue weighted by atomic mass is 16.6. The molecule has 2 N–H and O–H groups in total. The topological polar surface area (TPSA) is 60.6 Å². The first-order valence-corrected chi connectivity index (χ1v) is 6.89. The van der Waals surface area contributed by atoms with Crippen LogP contribution in [0.25, 0.3) is 10.8 Å². The summed E-state index contributed by atoms with van der Waals surface area (Å²) in [7, 11) is 2.04. The van der Waals surface area contributed by atoms with Crippen molar-refractivity contribution in [1.82, 2.24) is 4.98 Å². The summed E-state index contributed by atoms with van der Waals surface area (Å²) < 4.78 is 11.3. The molecule has 0 atom stereocenters. The van der Waals surface area contributed by atoms with Crippen molar-refractivity contribution in [3.8, 4) is 11.5 Å². The van der Waals surface area contributed by atoms with Gasteiger partial charge in [-0.15, -0.1) is 0 Å². The number of nitrogens with zero attached hydrogens (tertiary/aromatic N) is 2. The van der Waals surface area contributed by atoms with E-state index in [9.17, 15) is 0 Å². The molecule has 3 rings (SSSR count). The molecule has 0 saturated carbocycles. The summed E-state index contributed by atoms with van der Waals surface area (Å²) in [5, 5.41) is 2.19. The molecule has 1 aliphatic heterocycles. The first-order chi connectivity index (χ1) is 9.79. The summed E-state index contributed by atoms with van der Waals surface area (Å²) in [6.07, 6.45) is 2.77. The van der Waals surface area contributed by atoms with Crippen molar-refractivity contribution in [3.63, 3.8) is 0 Å². The van der Waals surface area contributed by atoms with Crippen LogP contribution in [0.1, 0.15) is 6.42 Å². The van der Waals surface area contributed by atoms with Gasteiger partial charge >= 0.3 is 0 Å².